The summed E-state index contributed by atoms with van der Waals surface area (Å²) < 4.78 is 0.933. The SMILES string of the molecule is N=C(N)c1cc(Br)ccc1N1CCCN(CCO)CC1. The van der Waals surface area contributed by atoms with Gasteiger partial charge in [-0.15, -0.1) is 0 Å². The molecule has 1 heterocycles. The summed E-state index contributed by atoms with van der Waals surface area (Å²) in [5.41, 5.74) is 7.49. The Kier molecular flexibility index (Phi) is 5.39. The van der Waals surface area contributed by atoms with E-state index in [-0.39, 0.29) is 12.4 Å². The predicted molar refractivity (Wildman–Crippen MR) is 85.5 cm³/mol. The van der Waals surface area contributed by atoms with Crippen LogP contribution in [0.2, 0.25) is 0 Å². The summed E-state index contributed by atoms with van der Waals surface area (Å²) >= 11 is 3.43. The van der Waals surface area contributed by atoms with E-state index in [0.717, 1.165) is 54.9 Å². The van der Waals surface area contributed by atoms with E-state index in [9.17, 15) is 0 Å². The third kappa shape index (κ3) is 3.71. The van der Waals surface area contributed by atoms with Crippen LogP contribution in [0.25, 0.3) is 0 Å². The maximum Gasteiger partial charge on any atom is 0.124 e. The van der Waals surface area contributed by atoms with E-state index < -0.39 is 0 Å². The average Bonchev–Trinajstić information content (AvgIpc) is 2.65. The number of aliphatic hydroxyl groups excluding tert-OH is 1. The Morgan fingerprint density at radius 1 is 1.30 bits per heavy atom. The van der Waals surface area contributed by atoms with Crippen LogP contribution in [0.15, 0.2) is 22.7 Å². The summed E-state index contributed by atoms with van der Waals surface area (Å²) in [7, 11) is 0. The lowest BCUT2D eigenvalue weighted by atomic mass is 10.1. The van der Waals surface area contributed by atoms with Crippen LogP contribution in [0.4, 0.5) is 5.69 Å². The fourth-order valence-electron chi connectivity index (χ4n) is 2.58. The first kappa shape index (κ1) is 15.3. The highest BCUT2D eigenvalue weighted by Crippen LogP contribution is 2.25. The standard InChI is InChI=1S/C14H21BrN4O/c15-11-2-3-13(12(10-11)14(16)17)19-5-1-4-18(6-7-19)8-9-20/h2-3,10,20H,1,4-9H2,(H3,16,17). The van der Waals surface area contributed by atoms with Crippen molar-refractivity contribution >= 4 is 27.5 Å². The average molecular weight is 341 g/mol. The smallest absolute Gasteiger partial charge is 0.124 e. The molecule has 1 aliphatic rings. The minimum Gasteiger partial charge on any atom is -0.395 e. The Morgan fingerprint density at radius 2 is 2.10 bits per heavy atom. The second-order valence-electron chi connectivity index (χ2n) is 4.98. The molecule has 0 aliphatic carbocycles. The summed E-state index contributed by atoms with van der Waals surface area (Å²) in [5.74, 6) is 0.0951. The number of hydrogen-bond donors (Lipinski definition) is 3. The van der Waals surface area contributed by atoms with Gasteiger partial charge >= 0.3 is 0 Å². The van der Waals surface area contributed by atoms with Crippen LogP contribution in [-0.4, -0.2) is 55.2 Å². The molecule has 0 atom stereocenters. The lowest BCUT2D eigenvalue weighted by Crippen LogP contribution is -2.33. The molecule has 0 aromatic heterocycles. The van der Waals surface area contributed by atoms with Gasteiger partial charge in [0.2, 0.25) is 0 Å². The number of β-amino-alcohol motifs (C(OH)–C–C–N with tert-alkyl or cyclic N) is 1. The number of nitrogens with zero attached hydrogens (tertiary/aromatic N) is 2. The zero-order chi connectivity index (χ0) is 14.5. The molecule has 20 heavy (non-hydrogen) atoms. The topological polar surface area (TPSA) is 76.6 Å². The molecule has 0 radical (unpaired) electrons. The maximum absolute atomic E-state index is 9.04. The van der Waals surface area contributed by atoms with Crippen molar-refractivity contribution in [2.45, 2.75) is 6.42 Å². The third-order valence-electron chi connectivity index (χ3n) is 3.59. The molecule has 5 nitrogen and oxygen atoms in total. The van der Waals surface area contributed by atoms with Crippen molar-refractivity contribution < 1.29 is 5.11 Å². The Morgan fingerprint density at radius 3 is 2.80 bits per heavy atom. The number of nitrogens with two attached hydrogens (primary N) is 1. The summed E-state index contributed by atoms with van der Waals surface area (Å²) in [6, 6.07) is 5.90. The second-order valence-corrected chi connectivity index (χ2v) is 5.90. The van der Waals surface area contributed by atoms with Crippen LogP contribution >= 0.6 is 15.9 Å². The van der Waals surface area contributed by atoms with E-state index in [1.165, 1.54) is 0 Å². The first-order valence-electron chi connectivity index (χ1n) is 6.84. The largest absolute Gasteiger partial charge is 0.395 e. The Bertz CT molecular complexity index is 480. The first-order chi connectivity index (χ1) is 9.61. The first-order valence-corrected chi connectivity index (χ1v) is 7.63. The van der Waals surface area contributed by atoms with Crippen molar-refractivity contribution in [2.24, 2.45) is 5.73 Å². The molecule has 0 bridgehead atoms. The number of hydrogen-bond acceptors (Lipinski definition) is 4. The highest BCUT2D eigenvalue weighted by atomic mass is 79.9. The van der Waals surface area contributed by atoms with Gasteiger partial charge in [0, 0.05) is 41.9 Å². The lowest BCUT2D eigenvalue weighted by Gasteiger charge is -2.25. The molecule has 0 unspecified atom stereocenters. The van der Waals surface area contributed by atoms with Crippen molar-refractivity contribution in [2.75, 3.05) is 44.2 Å². The third-order valence-corrected chi connectivity index (χ3v) is 4.09. The molecule has 1 saturated heterocycles. The quantitative estimate of drug-likeness (QED) is 0.569. The fraction of sp³-hybridized carbons (Fsp3) is 0.500. The van der Waals surface area contributed by atoms with Gasteiger partial charge in [0.05, 0.1) is 6.61 Å². The van der Waals surface area contributed by atoms with Crippen LogP contribution in [0, 0.1) is 5.41 Å². The fourth-order valence-corrected chi connectivity index (χ4v) is 2.94. The van der Waals surface area contributed by atoms with Gasteiger partial charge in [-0.05, 0) is 31.2 Å². The molecule has 1 aromatic rings. The van der Waals surface area contributed by atoms with Gasteiger partial charge in [0.1, 0.15) is 5.84 Å². The van der Waals surface area contributed by atoms with Crippen LogP contribution in [0.5, 0.6) is 0 Å². The van der Waals surface area contributed by atoms with E-state index in [0.29, 0.717) is 0 Å². The van der Waals surface area contributed by atoms with Crippen LogP contribution < -0.4 is 10.6 Å². The molecule has 0 amide bonds. The molecule has 110 valence electrons. The molecule has 1 aromatic carbocycles. The van der Waals surface area contributed by atoms with Gasteiger partial charge in [0.15, 0.2) is 0 Å². The zero-order valence-corrected chi connectivity index (χ0v) is 13.1. The minimum absolute atomic E-state index is 0.0951. The number of nitrogen functional groups attached to an aromatic ring is 1. The number of nitrogens with one attached hydrogen (secondary N) is 1. The number of amidine groups is 1. The summed E-state index contributed by atoms with van der Waals surface area (Å²) in [4.78, 5) is 4.55. The molecule has 6 heteroatoms. The van der Waals surface area contributed by atoms with Gasteiger partial charge in [-0.3, -0.25) is 10.3 Å². The van der Waals surface area contributed by atoms with E-state index in [1.807, 2.05) is 18.2 Å². The Labute approximate surface area is 128 Å². The van der Waals surface area contributed by atoms with E-state index >= 15 is 0 Å². The minimum atomic E-state index is 0.0951. The van der Waals surface area contributed by atoms with E-state index in [1.54, 1.807) is 0 Å². The number of rotatable bonds is 4. The summed E-state index contributed by atoms with van der Waals surface area (Å²) in [5, 5.41) is 16.8. The molecular weight excluding hydrogens is 320 g/mol. The van der Waals surface area contributed by atoms with Gasteiger partial charge in [-0.25, -0.2) is 0 Å². The predicted octanol–water partition coefficient (Wildman–Crippen LogP) is 1.24. The molecule has 1 fully saturated rings. The van der Waals surface area contributed by atoms with E-state index in [4.69, 9.17) is 16.2 Å². The maximum atomic E-state index is 9.04. The van der Waals surface area contributed by atoms with Gasteiger partial charge in [-0.1, -0.05) is 15.9 Å². The molecule has 0 saturated carbocycles. The normalized spacial score (nSPS) is 17.0. The highest BCUT2D eigenvalue weighted by molar-refractivity contribution is 9.10. The van der Waals surface area contributed by atoms with Crippen molar-refractivity contribution in [1.29, 1.82) is 5.41 Å². The molecule has 2 rings (SSSR count). The molecule has 4 N–H and O–H groups in total. The second kappa shape index (κ2) is 7.06. The molecular formula is C14H21BrN4O. The van der Waals surface area contributed by atoms with Gasteiger partial charge in [-0.2, -0.15) is 0 Å². The van der Waals surface area contributed by atoms with Crippen LogP contribution in [0.1, 0.15) is 12.0 Å². The highest BCUT2D eigenvalue weighted by Gasteiger charge is 2.18. The van der Waals surface area contributed by atoms with E-state index in [2.05, 4.69) is 25.7 Å². The van der Waals surface area contributed by atoms with Crippen molar-refractivity contribution in [3.05, 3.63) is 28.2 Å². The number of halogens is 1. The van der Waals surface area contributed by atoms with Crippen LogP contribution in [-0.2, 0) is 0 Å². The molecule has 0 spiro atoms. The van der Waals surface area contributed by atoms with Crippen molar-refractivity contribution in [1.82, 2.24) is 4.90 Å². The van der Waals surface area contributed by atoms with Gasteiger partial charge < -0.3 is 15.7 Å². The molecule has 1 aliphatic heterocycles. The van der Waals surface area contributed by atoms with Gasteiger partial charge in [0.25, 0.3) is 0 Å². The lowest BCUT2D eigenvalue weighted by molar-refractivity contribution is 0.204. The Balaban J connectivity index is 2.17. The number of benzene rings is 1. The summed E-state index contributed by atoms with van der Waals surface area (Å²) in [6.07, 6.45) is 1.05. The number of anilines is 1. The monoisotopic (exact) mass is 340 g/mol. The van der Waals surface area contributed by atoms with Crippen LogP contribution in [0.3, 0.4) is 0 Å². The Hall–Kier alpha value is -1.11. The van der Waals surface area contributed by atoms with Crippen molar-refractivity contribution in [3.8, 4) is 0 Å². The van der Waals surface area contributed by atoms with Crippen molar-refractivity contribution in [3.63, 3.8) is 0 Å². The number of aliphatic hydroxyl groups is 1. The summed E-state index contributed by atoms with van der Waals surface area (Å²) in [6.45, 7) is 4.70. The zero-order valence-electron chi connectivity index (χ0n) is 11.5.